The second kappa shape index (κ2) is 9.59. The van der Waals surface area contributed by atoms with Gasteiger partial charge >= 0.3 is 0 Å². The molecule has 0 bridgehead atoms. The van der Waals surface area contributed by atoms with E-state index in [9.17, 15) is 9.90 Å². The largest absolute Gasteiger partial charge is 0.396 e. The second-order valence-electron chi connectivity index (χ2n) is 5.99. The van der Waals surface area contributed by atoms with E-state index in [0.717, 1.165) is 18.4 Å². The van der Waals surface area contributed by atoms with Crippen LogP contribution in [0.15, 0.2) is 30.3 Å². The monoisotopic (exact) mass is 305 g/mol. The first kappa shape index (κ1) is 17.0. The van der Waals surface area contributed by atoms with E-state index in [-0.39, 0.29) is 31.1 Å². The van der Waals surface area contributed by atoms with Crippen LogP contribution in [0, 0.1) is 0 Å². The van der Waals surface area contributed by atoms with Crippen molar-refractivity contribution in [2.75, 3.05) is 19.8 Å². The van der Waals surface area contributed by atoms with Crippen LogP contribution in [0.3, 0.4) is 0 Å². The Morgan fingerprint density at radius 1 is 1.23 bits per heavy atom. The molecule has 0 saturated heterocycles. The summed E-state index contributed by atoms with van der Waals surface area (Å²) in [5.74, 6) is 0.0780. The molecule has 4 nitrogen and oxygen atoms in total. The lowest BCUT2D eigenvalue weighted by atomic mass is 9.96. The third kappa shape index (κ3) is 5.78. The molecule has 1 atom stereocenters. The van der Waals surface area contributed by atoms with Gasteiger partial charge in [-0.2, -0.15) is 0 Å². The van der Waals surface area contributed by atoms with Gasteiger partial charge in [-0.05, 0) is 24.8 Å². The molecule has 0 radical (unpaired) electrons. The maximum atomic E-state index is 11.9. The van der Waals surface area contributed by atoms with Gasteiger partial charge in [0, 0.05) is 19.1 Å². The van der Waals surface area contributed by atoms with Crippen LogP contribution < -0.4 is 5.32 Å². The standard InChI is InChI=1S/C18H27NO3/c20-12-11-16(15-7-3-1-4-8-15)13-19-18(21)14-22-17-9-5-2-6-10-17/h1,3-4,7-8,16-17,20H,2,5-6,9-14H2,(H,19,21). The number of carbonyl (C=O) groups is 1. The Labute approximate surface area is 132 Å². The summed E-state index contributed by atoms with van der Waals surface area (Å²) in [4.78, 5) is 11.9. The minimum absolute atomic E-state index is 0.0653. The van der Waals surface area contributed by atoms with Gasteiger partial charge in [-0.1, -0.05) is 49.6 Å². The Kier molecular flexibility index (Phi) is 7.40. The SMILES string of the molecule is O=C(COC1CCCCC1)NCC(CCO)c1ccccc1. The molecule has 1 aliphatic carbocycles. The van der Waals surface area contributed by atoms with Crippen LogP contribution in [0.4, 0.5) is 0 Å². The van der Waals surface area contributed by atoms with Crippen molar-refractivity contribution in [3.63, 3.8) is 0 Å². The number of benzene rings is 1. The molecule has 4 heteroatoms. The van der Waals surface area contributed by atoms with E-state index in [2.05, 4.69) is 5.32 Å². The van der Waals surface area contributed by atoms with Crippen LogP contribution in [-0.4, -0.2) is 36.9 Å². The van der Waals surface area contributed by atoms with Crippen molar-refractivity contribution in [3.05, 3.63) is 35.9 Å². The van der Waals surface area contributed by atoms with E-state index < -0.39 is 0 Å². The second-order valence-corrected chi connectivity index (χ2v) is 5.99. The Bertz CT molecular complexity index is 429. The molecule has 1 aliphatic rings. The summed E-state index contributed by atoms with van der Waals surface area (Å²) < 4.78 is 5.68. The smallest absolute Gasteiger partial charge is 0.246 e. The highest BCUT2D eigenvalue weighted by Crippen LogP contribution is 2.20. The van der Waals surface area contributed by atoms with Gasteiger partial charge in [-0.15, -0.1) is 0 Å². The van der Waals surface area contributed by atoms with E-state index in [1.807, 2.05) is 30.3 Å². The Hall–Kier alpha value is -1.39. The minimum atomic E-state index is -0.0653. The first-order valence-electron chi connectivity index (χ1n) is 8.33. The molecule has 2 N–H and O–H groups in total. The number of ether oxygens (including phenoxy) is 1. The van der Waals surface area contributed by atoms with Crippen LogP contribution in [0.2, 0.25) is 0 Å². The highest BCUT2D eigenvalue weighted by Gasteiger charge is 2.16. The summed E-state index contributed by atoms with van der Waals surface area (Å²) in [6, 6.07) is 9.99. The lowest BCUT2D eigenvalue weighted by molar-refractivity contribution is -0.128. The van der Waals surface area contributed by atoms with Gasteiger partial charge in [-0.25, -0.2) is 0 Å². The van der Waals surface area contributed by atoms with E-state index in [0.29, 0.717) is 13.0 Å². The summed E-state index contributed by atoms with van der Waals surface area (Å²) >= 11 is 0. The highest BCUT2D eigenvalue weighted by atomic mass is 16.5. The fourth-order valence-electron chi connectivity index (χ4n) is 2.98. The summed E-state index contributed by atoms with van der Waals surface area (Å²) in [6.07, 6.45) is 6.74. The van der Waals surface area contributed by atoms with E-state index in [1.165, 1.54) is 19.3 Å². The van der Waals surface area contributed by atoms with Crippen LogP contribution in [0.1, 0.15) is 50.0 Å². The number of amides is 1. The zero-order chi connectivity index (χ0) is 15.6. The van der Waals surface area contributed by atoms with Gasteiger partial charge in [-0.3, -0.25) is 4.79 Å². The zero-order valence-electron chi connectivity index (χ0n) is 13.2. The number of aliphatic hydroxyl groups is 1. The molecule has 1 unspecified atom stereocenters. The van der Waals surface area contributed by atoms with E-state index >= 15 is 0 Å². The van der Waals surface area contributed by atoms with E-state index in [4.69, 9.17) is 4.74 Å². The van der Waals surface area contributed by atoms with Crippen molar-refractivity contribution >= 4 is 5.91 Å². The first-order chi connectivity index (χ1) is 10.8. The van der Waals surface area contributed by atoms with Gasteiger partial charge in [0.1, 0.15) is 6.61 Å². The molecular weight excluding hydrogens is 278 g/mol. The van der Waals surface area contributed by atoms with Crippen molar-refractivity contribution in [1.82, 2.24) is 5.32 Å². The molecule has 1 saturated carbocycles. The number of carbonyl (C=O) groups excluding carboxylic acids is 1. The molecular formula is C18H27NO3. The van der Waals surface area contributed by atoms with Crippen LogP contribution in [0.5, 0.6) is 0 Å². The number of aliphatic hydroxyl groups excluding tert-OH is 1. The van der Waals surface area contributed by atoms with E-state index in [1.54, 1.807) is 0 Å². The molecule has 0 spiro atoms. The number of hydrogen-bond acceptors (Lipinski definition) is 3. The molecule has 1 aromatic rings. The lowest BCUT2D eigenvalue weighted by Gasteiger charge is -2.22. The van der Waals surface area contributed by atoms with Crippen molar-refractivity contribution in [3.8, 4) is 0 Å². The number of rotatable bonds is 8. The predicted octanol–water partition coefficient (Wildman–Crippen LogP) is 2.62. The predicted molar refractivity (Wildman–Crippen MR) is 86.7 cm³/mol. The molecule has 2 rings (SSSR count). The lowest BCUT2D eigenvalue weighted by Crippen LogP contribution is -2.33. The first-order valence-corrected chi connectivity index (χ1v) is 8.33. The van der Waals surface area contributed by atoms with Crippen molar-refractivity contribution in [2.24, 2.45) is 0 Å². The summed E-state index contributed by atoms with van der Waals surface area (Å²) in [5.41, 5.74) is 1.14. The molecule has 0 heterocycles. The van der Waals surface area contributed by atoms with Crippen molar-refractivity contribution < 1.29 is 14.6 Å². The van der Waals surface area contributed by atoms with Crippen LogP contribution in [0.25, 0.3) is 0 Å². The molecule has 1 amide bonds. The third-order valence-corrected chi connectivity index (χ3v) is 4.30. The maximum absolute atomic E-state index is 11.9. The summed E-state index contributed by atoms with van der Waals surface area (Å²) in [7, 11) is 0. The highest BCUT2D eigenvalue weighted by molar-refractivity contribution is 5.77. The van der Waals surface area contributed by atoms with Gasteiger partial charge < -0.3 is 15.2 Å². The fraction of sp³-hybridized carbons (Fsp3) is 0.611. The maximum Gasteiger partial charge on any atom is 0.246 e. The van der Waals surface area contributed by atoms with Crippen LogP contribution >= 0.6 is 0 Å². The molecule has 1 fully saturated rings. The van der Waals surface area contributed by atoms with Crippen molar-refractivity contribution in [2.45, 2.75) is 50.5 Å². The van der Waals surface area contributed by atoms with Crippen LogP contribution in [-0.2, 0) is 9.53 Å². The number of nitrogens with one attached hydrogen (secondary N) is 1. The van der Waals surface area contributed by atoms with Gasteiger partial charge in [0.15, 0.2) is 0 Å². The summed E-state index contributed by atoms with van der Waals surface area (Å²) in [5, 5.41) is 12.1. The minimum Gasteiger partial charge on any atom is -0.396 e. The quantitative estimate of drug-likeness (QED) is 0.776. The molecule has 0 aliphatic heterocycles. The molecule has 1 aromatic carbocycles. The Morgan fingerprint density at radius 3 is 2.64 bits per heavy atom. The van der Waals surface area contributed by atoms with Gasteiger partial charge in [0.05, 0.1) is 6.10 Å². The average molecular weight is 305 g/mol. The normalized spacial score (nSPS) is 17.1. The molecule has 0 aromatic heterocycles. The average Bonchev–Trinajstić information content (AvgIpc) is 2.58. The zero-order valence-corrected chi connectivity index (χ0v) is 13.2. The third-order valence-electron chi connectivity index (χ3n) is 4.30. The molecule has 122 valence electrons. The molecule has 22 heavy (non-hydrogen) atoms. The van der Waals surface area contributed by atoms with Gasteiger partial charge in [0.25, 0.3) is 0 Å². The summed E-state index contributed by atoms with van der Waals surface area (Å²) in [6.45, 7) is 0.802. The van der Waals surface area contributed by atoms with Gasteiger partial charge in [0.2, 0.25) is 5.91 Å². The fourth-order valence-corrected chi connectivity index (χ4v) is 2.98. The Balaban J connectivity index is 1.73. The topological polar surface area (TPSA) is 58.6 Å². The Morgan fingerprint density at radius 2 is 1.95 bits per heavy atom. The van der Waals surface area contributed by atoms with Crippen molar-refractivity contribution in [1.29, 1.82) is 0 Å². The number of hydrogen-bond donors (Lipinski definition) is 2.